The smallest absolute Gasteiger partial charge is 0.172 e. The minimum absolute atomic E-state index is 0.214. The SMILES string of the molecule is CCCCCCCCc1ccc(-c2c3cc(-c4sc(-c5ccccc5)c5c(F)c(C(C)=O)sc45)sc3c(-c3ccc(CCCCCCCC)s3)c3cc(-c4ccccc4)sc23)s1. The maximum Gasteiger partial charge on any atom is 0.172 e. The Bertz CT molecular complexity index is 2820. The Morgan fingerprint density at radius 3 is 1.53 bits per heavy atom. The third-order valence-corrected chi connectivity index (χ3v) is 19.5. The fraction of sp³-hybridized carbons (Fsp3) is 0.315. The van der Waals surface area contributed by atoms with Gasteiger partial charge in [0, 0.05) is 77.7 Å². The number of carbonyl (C=O) groups excluding carboxylic acids is 1. The molecule has 0 amide bonds. The van der Waals surface area contributed by atoms with Crippen molar-refractivity contribution < 1.29 is 9.18 Å². The lowest BCUT2D eigenvalue weighted by Crippen LogP contribution is -1.90. The van der Waals surface area contributed by atoms with E-state index in [1.54, 1.807) is 11.3 Å². The quantitative estimate of drug-likeness (QED) is 0.0550. The summed E-state index contributed by atoms with van der Waals surface area (Å²) in [6.07, 6.45) is 17.8. The minimum atomic E-state index is -0.386. The van der Waals surface area contributed by atoms with Crippen LogP contribution in [0.3, 0.4) is 0 Å². The molecule has 0 radical (unpaired) electrons. The summed E-state index contributed by atoms with van der Waals surface area (Å²) in [5.74, 6) is -0.610. The van der Waals surface area contributed by atoms with E-state index in [4.69, 9.17) is 0 Å². The van der Waals surface area contributed by atoms with Crippen molar-refractivity contribution in [2.75, 3.05) is 0 Å². The number of benzene rings is 3. The molecule has 1 nitrogen and oxygen atoms in total. The average molecular weight is 929 g/mol. The van der Waals surface area contributed by atoms with E-state index in [0.29, 0.717) is 5.39 Å². The number of unbranched alkanes of at least 4 members (excludes halogenated alkanes) is 10. The number of carbonyl (C=O) groups is 1. The highest BCUT2D eigenvalue weighted by Crippen LogP contribution is 2.57. The largest absolute Gasteiger partial charge is 0.293 e. The fourth-order valence-corrected chi connectivity index (χ4v) is 16.3. The van der Waals surface area contributed by atoms with Gasteiger partial charge in [0.2, 0.25) is 0 Å². The van der Waals surface area contributed by atoms with E-state index in [1.807, 2.05) is 63.5 Å². The van der Waals surface area contributed by atoms with Crippen LogP contribution in [0.4, 0.5) is 4.39 Å². The third-order valence-electron chi connectivity index (χ3n) is 12.0. The van der Waals surface area contributed by atoms with Gasteiger partial charge < -0.3 is 0 Å². The number of aryl methyl sites for hydroxylation is 2. The molecule has 0 aliphatic rings. The lowest BCUT2D eigenvalue weighted by atomic mass is 9.99. The van der Waals surface area contributed by atoms with Crippen LogP contribution in [0.1, 0.15) is 117 Å². The first-order valence-corrected chi connectivity index (χ1v) is 27.4. The zero-order valence-corrected chi connectivity index (χ0v) is 40.8. The van der Waals surface area contributed by atoms with Gasteiger partial charge in [-0.1, -0.05) is 139 Å². The molecule has 0 aliphatic carbocycles. The number of rotatable bonds is 20. The average Bonchev–Trinajstić information content (AvgIpc) is 4.16. The van der Waals surface area contributed by atoms with E-state index in [2.05, 4.69) is 92.7 Å². The summed E-state index contributed by atoms with van der Waals surface area (Å²) in [6, 6.07) is 35.3. The second-order valence-electron chi connectivity index (χ2n) is 16.5. The van der Waals surface area contributed by atoms with Crippen LogP contribution in [0.2, 0.25) is 0 Å². The number of thiophene rings is 6. The molecule has 3 aromatic carbocycles. The van der Waals surface area contributed by atoms with E-state index in [-0.39, 0.29) is 16.5 Å². The summed E-state index contributed by atoms with van der Waals surface area (Å²) in [6.45, 7) is 6.05. The topological polar surface area (TPSA) is 17.1 Å². The van der Waals surface area contributed by atoms with Crippen LogP contribution in [-0.4, -0.2) is 5.78 Å². The van der Waals surface area contributed by atoms with Gasteiger partial charge in [0.1, 0.15) is 4.88 Å². The Morgan fingerprint density at radius 1 is 0.484 bits per heavy atom. The first-order valence-electron chi connectivity index (χ1n) is 22.5. The predicted octanol–water partition coefficient (Wildman–Crippen LogP) is 20.0. The van der Waals surface area contributed by atoms with Crippen molar-refractivity contribution in [3.05, 3.63) is 118 Å². The molecule has 0 saturated heterocycles. The maximum atomic E-state index is 16.4. The standard InChI is InChI=1S/C54H53FOS6/c1-4-6-8-10-12-20-26-37-28-30-41(57-37)45-39-32-43(35-22-16-14-17-23-35)59-51(39)46(42-31-29-38(58-42)27-21-13-11-9-7-5-2)40-33-44(60-52(40)45)53-54-47(48(55)49(61-54)34(3)56)50(62-53)36-24-18-15-19-25-36/h14-19,22-25,28-33H,4-13,20-21,26-27H2,1-3H3. The van der Waals surface area contributed by atoms with Gasteiger partial charge in [0.05, 0.1) is 9.58 Å². The molecule has 0 aliphatic heterocycles. The number of halogens is 1. The van der Waals surface area contributed by atoms with Crippen molar-refractivity contribution >= 4 is 104 Å². The molecular formula is C54H53FOS6. The second kappa shape index (κ2) is 20.0. The zero-order valence-electron chi connectivity index (χ0n) is 35.9. The molecule has 62 heavy (non-hydrogen) atoms. The summed E-state index contributed by atoms with van der Waals surface area (Å²) >= 11 is 10.7. The molecule has 0 atom stereocenters. The molecule has 0 spiro atoms. The normalized spacial score (nSPS) is 11.9. The summed E-state index contributed by atoms with van der Waals surface area (Å²) in [4.78, 5) is 22.9. The summed E-state index contributed by atoms with van der Waals surface area (Å²) < 4.78 is 19.9. The second-order valence-corrected chi connectivity index (χ2v) is 23.0. The number of hydrogen-bond acceptors (Lipinski definition) is 7. The van der Waals surface area contributed by atoms with Crippen LogP contribution in [0.15, 0.2) is 97.1 Å². The monoisotopic (exact) mass is 928 g/mol. The van der Waals surface area contributed by atoms with Crippen molar-refractivity contribution in [1.29, 1.82) is 0 Å². The van der Waals surface area contributed by atoms with E-state index in [1.165, 1.54) is 157 Å². The molecule has 9 rings (SSSR count). The molecule has 0 N–H and O–H groups in total. The highest BCUT2D eigenvalue weighted by Gasteiger charge is 2.28. The third kappa shape index (κ3) is 8.98. The molecule has 0 unspecified atom stereocenters. The highest BCUT2D eigenvalue weighted by atomic mass is 32.1. The summed E-state index contributed by atoms with van der Waals surface area (Å²) in [5.41, 5.74) is 4.85. The Morgan fingerprint density at radius 2 is 0.984 bits per heavy atom. The van der Waals surface area contributed by atoms with Crippen LogP contribution in [-0.2, 0) is 12.8 Å². The van der Waals surface area contributed by atoms with E-state index in [9.17, 15) is 4.79 Å². The Kier molecular flexibility index (Phi) is 14.0. The van der Waals surface area contributed by atoms with Crippen molar-refractivity contribution in [3.8, 4) is 51.5 Å². The van der Waals surface area contributed by atoms with E-state index < -0.39 is 0 Å². The van der Waals surface area contributed by atoms with Crippen LogP contribution in [0.5, 0.6) is 0 Å². The van der Waals surface area contributed by atoms with Crippen LogP contribution in [0, 0.1) is 5.82 Å². The number of Topliss-reactive ketones (excluding diaryl/α,β-unsaturated/α-hetero) is 1. The first kappa shape index (κ1) is 43.5. The maximum absolute atomic E-state index is 16.4. The predicted molar refractivity (Wildman–Crippen MR) is 278 cm³/mol. The molecule has 8 heteroatoms. The van der Waals surface area contributed by atoms with Crippen LogP contribution in [0.25, 0.3) is 81.8 Å². The molecule has 0 bridgehead atoms. The fourth-order valence-electron chi connectivity index (χ4n) is 8.72. The van der Waals surface area contributed by atoms with Gasteiger partial charge in [-0.25, -0.2) is 4.39 Å². The Hall–Kier alpha value is -3.76. The van der Waals surface area contributed by atoms with Gasteiger partial charge >= 0.3 is 0 Å². The lowest BCUT2D eigenvalue weighted by Gasteiger charge is -2.09. The molecule has 6 heterocycles. The lowest BCUT2D eigenvalue weighted by molar-refractivity contribution is 0.101. The first-order chi connectivity index (χ1) is 30.4. The van der Waals surface area contributed by atoms with Crippen molar-refractivity contribution in [1.82, 2.24) is 0 Å². The van der Waals surface area contributed by atoms with Gasteiger partial charge in [0.25, 0.3) is 0 Å². The van der Waals surface area contributed by atoms with Gasteiger partial charge in [-0.3, -0.25) is 4.79 Å². The molecule has 0 fully saturated rings. The highest BCUT2D eigenvalue weighted by molar-refractivity contribution is 7.33. The summed E-state index contributed by atoms with van der Waals surface area (Å²) in [5, 5.41) is 3.15. The van der Waals surface area contributed by atoms with Gasteiger partial charge in [-0.2, -0.15) is 0 Å². The number of fused-ring (bicyclic) bond motifs is 3. The van der Waals surface area contributed by atoms with Crippen molar-refractivity contribution in [2.45, 2.75) is 111 Å². The Balaban J connectivity index is 1.24. The number of hydrogen-bond donors (Lipinski definition) is 0. The van der Waals surface area contributed by atoms with Gasteiger partial charge in [-0.05, 0) is 73.2 Å². The molecule has 9 aromatic rings. The van der Waals surface area contributed by atoms with Crippen molar-refractivity contribution in [3.63, 3.8) is 0 Å². The van der Waals surface area contributed by atoms with Gasteiger partial charge in [0.15, 0.2) is 11.6 Å². The molecule has 6 aromatic heterocycles. The van der Waals surface area contributed by atoms with Crippen molar-refractivity contribution in [2.24, 2.45) is 0 Å². The number of ketones is 1. The molecule has 0 saturated carbocycles. The minimum Gasteiger partial charge on any atom is -0.293 e. The van der Waals surface area contributed by atoms with Crippen LogP contribution >= 0.6 is 68.0 Å². The van der Waals surface area contributed by atoms with Crippen LogP contribution < -0.4 is 0 Å². The molecule has 318 valence electrons. The van der Waals surface area contributed by atoms with Gasteiger partial charge in [-0.15, -0.1) is 68.0 Å². The Labute approximate surface area is 390 Å². The summed E-state index contributed by atoms with van der Waals surface area (Å²) in [7, 11) is 0. The van der Waals surface area contributed by atoms with E-state index >= 15 is 4.39 Å². The zero-order chi connectivity index (χ0) is 42.6. The van der Waals surface area contributed by atoms with E-state index in [0.717, 1.165) is 37.7 Å². The molecular weight excluding hydrogens is 876 g/mol.